The number of hydrogen-bond donors (Lipinski definition) is 1. The van der Waals surface area contributed by atoms with Gasteiger partial charge in [0.25, 0.3) is 0 Å². The predicted molar refractivity (Wildman–Crippen MR) is 57.6 cm³/mol. The Labute approximate surface area is 89.9 Å². The first-order valence-corrected chi connectivity index (χ1v) is 5.21. The van der Waals surface area contributed by atoms with Crippen molar-refractivity contribution in [1.29, 1.82) is 0 Å². The molecule has 0 atom stereocenters. The van der Waals surface area contributed by atoms with E-state index >= 15 is 0 Å². The van der Waals surface area contributed by atoms with Gasteiger partial charge in [0.05, 0.1) is 4.47 Å². The Morgan fingerprint density at radius 2 is 2.31 bits per heavy atom. The van der Waals surface area contributed by atoms with E-state index in [2.05, 4.69) is 25.9 Å². The van der Waals surface area contributed by atoms with Crippen LogP contribution < -0.4 is 5.73 Å². The number of nitrogens with zero attached hydrogens (tertiary/aromatic N) is 2. The van der Waals surface area contributed by atoms with Gasteiger partial charge in [-0.25, -0.2) is 9.97 Å². The van der Waals surface area contributed by atoms with Crippen LogP contribution in [0.15, 0.2) is 10.7 Å². The van der Waals surface area contributed by atoms with Gasteiger partial charge in [0.15, 0.2) is 0 Å². The van der Waals surface area contributed by atoms with Crippen molar-refractivity contribution in [2.45, 2.75) is 18.8 Å². The molecular weight excluding hydrogens is 250 g/mol. The smallest absolute Gasteiger partial charge is 0.132 e. The summed E-state index contributed by atoms with van der Waals surface area (Å²) in [5.74, 6) is 1.40. The maximum Gasteiger partial charge on any atom is 0.132 e. The van der Waals surface area contributed by atoms with E-state index in [9.17, 15) is 0 Å². The summed E-state index contributed by atoms with van der Waals surface area (Å²) < 4.78 is 0.768. The lowest BCUT2D eigenvalue weighted by Crippen LogP contribution is -2.14. The highest BCUT2D eigenvalue weighted by molar-refractivity contribution is 9.10. The number of halogens is 1. The van der Waals surface area contributed by atoms with Crippen molar-refractivity contribution >= 4 is 33.1 Å². The molecule has 0 amide bonds. The summed E-state index contributed by atoms with van der Waals surface area (Å²) in [5.41, 5.74) is 6.16. The summed E-state index contributed by atoms with van der Waals surface area (Å²) in [6, 6.07) is 0. The first-order valence-electron chi connectivity index (χ1n) is 4.00. The Bertz CT molecular complexity index is 362. The molecule has 0 bridgehead atoms. The third-order valence-electron chi connectivity index (χ3n) is 1.94. The Morgan fingerprint density at radius 1 is 1.62 bits per heavy atom. The van der Waals surface area contributed by atoms with Crippen LogP contribution in [0.1, 0.15) is 30.3 Å². The van der Waals surface area contributed by atoms with E-state index in [1.165, 1.54) is 12.8 Å². The van der Waals surface area contributed by atoms with Crippen molar-refractivity contribution in [2.75, 3.05) is 0 Å². The van der Waals surface area contributed by atoms with Crippen LogP contribution in [0, 0.1) is 0 Å². The second-order valence-corrected chi connectivity index (χ2v) is 4.36. The van der Waals surface area contributed by atoms with E-state index < -0.39 is 0 Å². The Morgan fingerprint density at radius 3 is 2.85 bits per heavy atom. The molecule has 2 rings (SSSR count). The van der Waals surface area contributed by atoms with Gasteiger partial charge in [-0.3, -0.25) is 0 Å². The van der Waals surface area contributed by atoms with Crippen LogP contribution in [-0.2, 0) is 0 Å². The van der Waals surface area contributed by atoms with Gasteiger partial charge in [0, 0.05) is 12.1 Å². The minimum absolute atomic E-state index is 0.316. The van der Waals surface area contributed by atoms with E-state index in [1.807, 2.05) is 0 Å². The number of hydrogen-bond acceptors (Lipinski definition) is 3. The molecule has 68 valence electrons. The van der Waals surface area contributed by atoms with Crippen molar-refractivity contribution in [3.05, 3.63) is 22.2 Å². The molecule has 1 fully saturated rings. The molecule has 1 aliphatic rings. The standard InChI is InChI=1S/C8H8BrN3S/c9-5-3-11-8(4-1-2-4)12-6(5)7(10)13/h3-4H,1-2H2,(H2,10,13). The highest BCUT2D eigenvalue weighted by Gasteiger charge is 2.27. The highest BCUT2D eigenvalue weighted by Crippen LogP contribution is 2.38. The SMILES string of the molecule is NC(=S)c1nc(C2CC2)ncc1Br. The number of nitrogens with two attached hydrogens (primary N) is 1. The van der Waals surface area contributed by atoms with E-state index in [-0.39, 0.29) is 0 Å². The summed E-state index contributed by atoms with van der Waals surface area (Å²) in [7, 11) is 0. The topological polar surface area (TPSA) is 51.8 Å². The molecule has 13 heavy (non-hydrogen) atoms. The molecule has 0 saturated heterocycles. The van der Waals surface area contributed by atoms with Crippen molar-refractivity contribution in [3.8, 4) is 0 Å². The molecule has 0 unspecified atom stereocenters. The Hall–Kier alpha value is -0.550. The number of rotatable bonds is 2. The second kappa shape index (κ2) is 3.31. The normalized spacial score (nSPS) is 15.8. The minimum atomic E-state index is 0.316. The average Bonchev–Trinajstić information content (AvgIpc) is 2.87. The van der Waals surface area contributed by atoms with Gasteiger partial charge in [-0.05, 0) is 28.8 Å². The molecule has 1 aliphatic carbocycles. The zero-order valence-corrected chi connectivity index (χ0v) is 9.23. The number of thiocarbonyl (C=S) groups is 1. The van der Waals surface area contributed by atoms with Crippen LogP contribution >= 0.6 is 28.1 Å². The van der Waals surface area contributed by atoms with Crippen molar-refractivity contribution in [2.24, 2.45) is 5.73 Å². The van der Waals surface area contributed by atoms with E-state index in [4.69, 9.17) is 18.0 Å². The van der Waals surface area contributed by atoms with Gasteiger partial charge in [0.1, 0.15) is 16.5 Å². The monoisotopic (exact) mass is 257 g/mol. The highest BCUT2D eigenvalue weighted by atomic mass is 79.9. The third-order valence-corrected chi connectivity index (χ3v) is 2.71. The van der Waals surface area contributed by atoms with Crippen LogP contribution in [0.5, 0.6) is 0 Å². The molecule has 0 spiro atoms. The lowest BCUT2D eigenvalue weighted by atomic mass is 10.3. The predicted octanol–water partition coefficient (Wildman–Crippen LogP) is 1.75. The van der Waals surface area contributed by atoms with Crippen LogP contribution in [0.2, 0.25) is 0 Å². The van der Waals surface area contributed by atoms with Gasteiger partial charge in [-0.1, -0.05) is 12.2 Å². The summed E-state index contributed by atoms with van der Waals surface area (Å²) in [4.78, 5) is 8.84. The molecule has 0 aromatic carbocycles. The van der Waals surface area contributed by atoms with Crippen LogP contribution in [0.3, 0.4) is 0 Å². The lowest BCUT2D eigenvalue weighted by molar-refractivity contribution is 0.916. The Kier molecular flexibility index (Phi) is 2.29. The second-order valence-electron chi connectivity index (χ2n) is 3.06. The fraction of sp³-hybridized carbons (Fsp3) is 0.375. The van der Waals surface area contributed by atoms with Crippen LogP contribution in [-0.4, -0.2) is 15.0 Å². The summed E-state index contributed by atoms with van der Waals surface area (Å²) >= 11 is 8.18. The molecule has 1 aromatic heterocycles. The van der Waals surface area contributed by atoms with Crippen LogP contribution in [0.4, 0.5) is 0 Å². The number of aromatic nitrogens is 2. The maximum absolute atomic E-state index is 5.52. The molecule has 5 heteroatoms. The quantitative estimate of drug-likeness (QED) is 0.821. The molecule has 2 N–H and O–H groups in total. The molecule has 0 aliphatic heterocycles. The lowest BCUT2D eigenvalue weighted by Gasteiger charge is -2.02. The van der Waals surface area contributed by atoms with Gasteiger partial charge >= 0.3 is 0 Å². The van der Waals surface area contributed by atoms with E-state index in [1.54, 1.807) is 6.20 Å². The summed E-state index contributed by atoms with van der Waals surface area (Å²) in [6.45, 7) is 0. The van der Waals surface area contributed by atoms with Crippen molar-refractivity contribution in [1.82, 2.24) is 9.97 Å². The molecular formula is C8H8BrN3S. The molecule has 1 saturated carbocycles. The minimum Gasteiger partial charge on any atom is -0.388 e. The zero-order chi connectivity index (χ0) is 9.42. The largest absolute Gasteiger partial charge is 0.388 e. The van der Waals surface area contributed by atoms with Crippen molar-refractivity contribution < 1.29 is 0 Å². The third kappa shape index (κ3) is 1.86. The van der Waals surface area contributed by atoms with Gasteiger partial charge < -0.3 is 5.73 Å². The van der Waals surface area contributed by atoms with Crippen molar-refractivity contribution in [3.63, 3.8) is 0 Å². The zero-order valence-electron chi connectivity index (χ0n) is 6.83. The van der Waals surface area contributed by atoms with E-state index in [0.717, 1.165) is 10.3 Å². The first-order chi connectivity index (χ1) is 6.18. The summed E-state index contributed by atoms with van der Waals surface area (Å²) in [5, 5.41) is 0. The molecule has 1 heterocycles. The fourth-order valence-corrected chi connectivity index (χ4v) is 1.78. The van der Waals surface area contributed by atoms with E-state index in [0.29, 0.717) is 16.6 Å². The van der Waals surface area contributed by atoms with Crippen LogP contribution in [0.25, 0.3) is 0 Å². The molecule has 3 nitrogen and oxygen atoms in total. The molecule has 0 radical (unpaired) electrons. The van der Waals surface area contributed by atoms with Gasteiger partial charge in [-0.15, -0.1) is 0 Å². The Balaban J connectivity index is 2.41. The van der Waals surface area contributed by atoms with Gasteiger partial charge in [-0.2, -0.15) is 0 Å². The average molecular weight is 258 g/mol. The maximum atomic E-state index is 5.52. The summed E-state index contributed by atoms with van der Waals surface area (Å²) in [6.07, 6.45) is 4.08. The fourth-order valence-electron chi connectivity index (χ4n) is 1.09. The molecule has 1 aromatic rings. The first kappa shape index (κ1) is 9.02. The van der Waals surface area contributed by atoms with Gasteiger partial charge in [0.2, 0.25) is 0 Å².